The van der Waals surface area contributed by atoms with Gasteiger partial charge in [-0.2, -0.15) is 0 Å². The molecule has 0 aliphatic rings. The van der Waals surface area contributed by atoms with Crippen molar-refractivity contribution < 1.29 is 4.92 Å². The summed E-state index contributed by atoms with van der Waals surface area (Å²) in [4.78, 5) is 15.9. The van der Waals surface area contributed by atoms with Crippen molar-refractivity contribution in [3.05, 3.63) is 107 Å². The standard InChI is InChI=1S/C28H27N5O2/c1-28(2,3)30-26-25(22-14-16-23(17-15-22)33(34)35)29-27-31(18-20-10-6-4-7-11-20)24(19-32(26)27)21-12-8-5-9-13-21/h4-17,19,30H,18H2,1-3H3. The maximum atomic E-state index is 11.2. The van der Waals surface area contributed by atoms with E-state index in [1.54, 1.807) is 12.1 Å². The molecule has 0 radical (unpaired) electrons. The predicted octanol–water partition coefficient (Wildman–Crippen LogP) is 6.64. The topological polar surface area (TPSA) is 77.4 Å². The summed E-state index contributed by atoms with van der Waals surface area (Å²) in [6.45, 7) is 6.97. The second-order valence-corrected chi connectivity index (χ2v) is 9.61. The van der Waals surface area contributed by atoms with Crippen LogP contribution in [-0.2, 0) is 6.54 Å². The van der Waals surface area contributed by atoms with Gasteiger partial charge in [0.15, 0.2) is 0 Å². The smallest absolute Gasteiger partial charge is 0.269 e. The van der Waals surface area contributed by atoms with Crippen LogP contribution >= 0.6 is 0 Å². The Bertz CT molecular complexity index is 1480. The van der Waals surface area contributed by atoms with Crippen LogP contribution in [0.2, 0.25) is 0 Å². The summed E-state index contributed by atoms with van der Waals surface area (Å²) in [5, 5.41) is 14.8. The van der Waals surface area contributed by atoms with E-state index < -0.39 is 0 Å². The van der Waals surface area contributed by atoms with Crippen molar-refractivity contribution >= 4 is 17.3 Å². The van der Waals surface area contributed by atoms with E-state index in [1.165, 1.54) is 17.7 Å². The lowest BCUT2D eigenvalue weighted by Crippen LogP contribution is -2.27. The molecule has 0 atom stereocenters. The monoisotopic (exact) mass is 465 g/mol. The number of anilines is 1. The number of nitrogens with one attached hydrogen (secondary N) is 1. The Labute approximate surface area is 203 Å². The largest absolute Gasteiger partial charge is 0.365 e. The molecule has 0 saturated carbocycles. The van der Waals surface area contributed by atoms with Gasteiger partial charge in [0.05, 0.1) is 17.2 Å². The Morgan fingerprint density at radius 1 is 0.886 bits per heavy atom. The van der Waals surface area contributed by atoms with E-state index in [4.69, 9.17) is 4.98 Å². The molecule has 0 bridgehead atoms. The van der Waals surface area contributed by atoms with E-state index >= 15 is 0 Å². The van der Waals surface area contributed by atoms with Crippen molar-refractivity contribution in [1.82, 2.24) is 14.0 Å². The summed E-state index contributed by atoms with van der Waals surface area (Å²) >= 11 is 0. The first-order chi connectivity index (χ1) is 16.8. The van der Waals surface area contributed by atoms with Crippen LogP contribution in [-0.4, -0.2) is 24.4 Å². The van der Waals surface area contributed by atoms with Gasteiger partial charge in [-0.25, -0.2) is 4.98 Å². The summed E-state index contributed by atoms with van der Waals surface area (Å²) in [5.41, 5.74) is 4.75. The third kappa shape index (κ3) is 4.53. The number of aromatic nitrogens is 3. The molecule has 1 N–H and O–H groups in total. The van der Waals surface area contributed by atoms with Crippen molar-refractivity contribution in [2.24, 2.45) is 0 Å². The maximum absolute atomic E-state index is 11.2. The van der Waals surface area contributed by atoms with Crippen molar-refractivity contribution in [2.45, 2.75) is 32.9 Å². The quantitative estimate of drug-likeness (QED) is 0.225. The predicted molar refractivity (Wildman–Crippen MR) is 140 cm³/mol. The first kappa shape index (κ1) is 22.4. The first-order valence-electron chi connectivity index (χ1n) is 11.5. The van der Waals surface area contributed by atoms with Crippen LogP contribution in [0.15, 0.2) is 91.1 Å². The highest BCUT2D eigenvalue weighted by molar-refractivity contribution is 5.78. The zero-order valence-corrected chi connectivity index (χ0v) is 20.0. The minimum Gasteiger partial charge on any atom is -0.365 e. The lowest BCUT2D eigenvalue weighted by atomic mass is 10.1. The minimum atomic E-state index is -0.387. The SMILES string of the molecule is CC(C)(C)Nc1c(-c2ccc([N+](=O)[O-])cc2)nc2n(Cc3ccccc3)c(-c3ccccc3)cn12. The van der Waals surface area contributed by atoms with Gasteiger partial charge < -0.3 is 9.88 Å². The van der Waals surface area contributed by atoms with Gasteiger partial charge in [-0.05, 0) is 44.0 Å². The van der Waals surface area contributed by atoms with Gasteiger partial charge in [0.25, 0.3) is 5.69 Å². The summed E-state index contributed by atoms with van der Waals surface area (Å²) in [6, 6.07) is 27.2. The van der Waals surface area contributed by atoms with Crippen molar-refractivity contribution in [3.63, 3.8) is 0 Å². The number of hydrogen-bond acceptors (Lipinski definition) is 4. The third-order valence-corrected chi connectivity index (χ3v) is 5.77. The third-order valence-electron chi connectivity index (χ3n) is 5.77. The number of fused-ring (bicyclic) bond motifs is 1. The summed E-state index contributed by atoms with van der Waals surface area (Å²) in [7, 11) is 0. The molecule has 0 aliphatic carbocycles. The Morgan fingerprint density at radius 3 is 2.11 bits per heavy atom. The fraction of sp³-hybridized carbons (Fsp3) is 0.179. The normalized spacial score (nSPS) is 11.6. The lowest BCUT2D eigenvalue weighted by Gasteiger charge is -2.22. The molecule has 0 unspecified atom stereocenters. The fourth-order valence-electron chi connectivity index (χ4n) is 4.21. The molecule has 7 heteroatoms. The average Bonchev–Trinajstić information content (AvgIpc) is 3.36. The van der Waals surface area contributed by atoms with Gasteiger partial charge in [-0.3, -0.25) is 14.5 Å². The molecule has 0 amide bonds. The van der Waals surface area contributed by atoms with Crippen LogP contribution in [0.3, 0.4) is 0 Å². The zero-order valence-electron chi connectivity index (χ0n) is 20.0. The zero-order chi connectivity index (χ0) is 24.6. The highest BCUT2D eigenvalue weighted by atomic mass is 16.6. The highest BCUT2D eigenvalue weighted by Crippen LogP contribution is 2.35. The van der Waals surface area contributed by atoms with Crippen LogP contribution in [0.25, 0.3) is 28.3 Å². The van der Waals surface area contributed by atoms with E-state index in [0.717, 1.165) is 34.1 Å². The average molecular weight is 466 g/mol. The van der Waals surface area contributed by atoms with Crippen molar-refractivity contribution in [2.75, 3.05) is 5.32 Å². The van der Waals surface area contributed by atoms with Crippen molar-refractivity contribution in [1.29, 1.82) is 0 Å². The highest BCUT2D eigenvalue weighted by Gasteiger charge is 2.24. The Balaban J connectivity index is 1.74. The molecule has 176 valence electrons. The molecule has 0 aliphatic heterocycles. The van der Waals surface area contributed by atoms with Gasteiger partial charge in [0.2, 0.25) is 5.78 Å². The summed E-state index contributed by atoms with van der Waals surface area (Å²) in [6.07, 6.45) is 2.11. The van der Waals surface area contributed by atoms with Crippen LogP contribution < -0.4 is 5.32 Å². The number of nitro groups is 1. The maximum Gasteiger partial charge on any atom is 0.269 e. The van der Waals surface area contributed by atoms with Crippen LogP contribution in [0, 0.1) is 10.1 Å². The molecule has 0 spiro atoms. The Hall–Kier alpha value is -4.39. The minimum absolute atomic E-state index is 0.0581. The Morgan fingerprint density at radius 2 is 1.51 bits per heavy atom. The number of nitrogens with zero attached hydrogens (tertiary/aromatic N) is 4. The summed E-state index contributed by atoms with van der Waals surface area (Å²) in [5.74, 6) is 1.65. The van der Waals surface area contributed by atoms with E-state index in [0.29, 0.717) is 6.54 Å². The van der Waals surface area contributed by atoms with Gasteiger partial charge >= 0.3 is 0 Å². The van der Waals surface area contributed by atoms with E-state index in [9.17, 15) is 10.1 Å². The fourth-order valence-corrected chi connectivity index (χ4v) is 4.21. The molecular weight excluding hydrogens is 438 g/mol. The van der Waals surface area contributed by atoms with Crippen LogP contribution in [0.4, 0.5) is 11.5 Å². The summed E-state index contributed by atoms with van der Waals surface area (Å²) < 4.78 is 4.31. The number of nitro benzene ring substituents is 1. The first-order valence-corrected chi connectivity index (χ1v) is 11.5. The molecule has 5 rings (SSSR count). The molecule has 2 aromatic heterocycles. The number of non-ortho nitro benzene ring substituents is 1. The van der Waals surface area contributed by atoms with Gasteiger partial charge in [-0.15, -0.1) is 0 Å². The number of imidazole rings is 2. The molecule has 7 nitrogen and oxygen atoms in total. The van der Waals surface area contributed by atoms with Gasteiger partial charge in [0, 0.05) is 29.4 Å². The number of hydrogen-bond donors (Lipinski definition) is 1. The van der Waals surface area contributed by atoms with Crippen molar-refractivity contribution in [3.8, 4) is 22.5 Å². The van der Waals surface area contributed by atoms with Crippen LogP contribution in [0.5, 0.6) is 0 Å². The lowest BCUT2D eigenvalue weighted by molar-refractivity contribution is -0.384. The molecular formula is C28H27N5O2. The molecule has 2 heterocycles. The van der Waals surface area contributed by atoms with Crippen LogP contribution in [0.1, 0.15) is 26.3 Å². The molecule has 3 aromatic carbocycles. The molecule has 35 heavy (non-hydrogen) atoms. The number of benzene rings is 3. The second-order valence-electron chi connectivity index (χ2n) is 9.61. The molecule has 0 saturated heterocycles. The van der Waals surface area contributed by atoms with E-state index in [2.05, 4.69) is 65.5 Å². The van der Waals surface area contributed by atoms with Gasteiger partial charge in [0.1, 0.15) is 11.5 Å². The Kier molecular flexibility index (Phi) is 5.61. The van der Waals surface area contributed by atoms with Gasteiger partial charge in [-0.1, -0.05) is 60.7 Å². The van der Waals surface area contributed by atoms with E-state index in [-0.39, 0.29) is 16.1 Å². The second kappa shape index (κ2) is 8.76. The molecule has 0 fully saturated rings. The molecule has 5 aromatic rings. The number of rotatable bonds is 6. The van der Waals surface area contributed by atoms with E-state index in [1.807, 2.05) is 36.4 Å².